The summed E-state index contributed by atoms with van der Waals surface area (Å²) in [6.07, 6.45) is -9.14. The van der Waals surface area contributed by atoms with Gasteiger partial charge in [0.25, 0.3) is 6.36 Å². The topological polar surface area (TPSA) is 9.23 Å². The van der Waals surface area contributed by atoms with Crippen molar-refractivity contribution in [3.8, 4) is 0 Å². The maximum atomic E-state index is 11.7. The predicted molar refractivity (Wildman–Crippen MR) is 25.9 cm³/mol. The Bertz CT molecular complexity index is 127. The third-order valence-electron chi connectivity index (χ3n) is 0.494. The molecule has 0 saturated heterocycles. The van der Waals surface area contributed by atoms with Gasteiger partial charge in [-0.2, -0.15) is 8.78 Å². The van der Waals surface area contributed by atoms with Gasteiger partial charge in [-0.1, -0.05) is 0 Å². The summed E-state index contributed by atoms with van der Waals surface area (Å²) in [6.45, 7) is 0. The first-order valence-corrected chi connectivity index (χ1v) is 2.87. The quantitative estimate of drug-likeness (QED) is 0.538. The summed E-state index contributed by atoms with van der Waals surface area (Å²) < 4.78 is 70.2. The van der Waals surface area contributed by atoms with Crippen molar-refractivity contribution in [1.29, 1.82) is 0 Å². The van der Waals surface area contributed by atoms with Crippen molar-refractivity contribution in [2.24, 2.45) is 0 Å². The van der Waals surface area contributed by atoms with Crippen molar-refractivity contribution in [3.63, 3.8) is 0 Å². The normalized spacial score (nSPS) is 16.6. The first-order valence-electron chi connectivity index (χ1n) is 2.08. The van der Waals surface area contributed by atoms with Gasteiger partial charge in [0.05, 0.1) is 0 Å². The molecule has 0 aliphatic heterocycles. The summed E-state index contributed by atoms with van der Waals surface area (Å²) in [5, 5.41) is 0. The van der Waals surface area contributed by atoms with Gasteiger partial charge in [0.15, 0.2) is 0 Å². The van der Waals surface area contributed by atoms with Gasteiger partial charge in [-0.25, -0.2) is 9.13 Å². The van der Waals surface area contributed by atoms with Crippen molar-refractivity contribution in [1.82, 2.24) is 0 Å². The van der Waals surface area contributed by atoms with Crippen LogP contribution in [-0.2, 0) is 4.74 Å². The molecule has 0 aromatic carbocycles. The van der Waals surface area contributed by atoms with E-state index in [0.29, 0.717) is 0 Å². The van der Waals surface area contributed by atoms with Crippen LogP contribution in [0.4, 0.5) is 26.3 Å². The summed E-state index contributed by atoms with van der Waals surface area (Å²) in [5.41, 5.74) is 0. The van der Waals surface area contributed by atoms with Crippen LogP contribution in [0.5, 0.6) is 0 Å². The lowest BCUT2D eigenvalue weighted by molar-refractivity contribution is -0.376. The summed E-state index contributed by atoms with van der Waals surface area (Å²) >= 11 is 1.36. The zero-order valence-electron chi connectivity index (χ0n) is 4.63. The second kappa shape index (κ2) is 3.18. The molecule has 0 aliphatic carbocycles. The molecule has 1 atom stereocenters. The minimum Gasteiger partial charge on any atom is -0.249 e. The van der Waals surface area contributed by atoms with Crippen LogP contribution in [0.1, 0.15) is 0 Å². The molecule has 11 heavy (non-hydrogen) atoms. The number of hydrogen-bond acceptors (Lipinski definition) is 1. The van der Waals surface area contributed by atoms with Crippen LogP contribution in [0.3, 0.4) is 0 Å². The highest BCUT2D eigenvalue weighted by Crippen LogP contribution is 2.33. The van der Waals surface area contributed by atoms with Crippen LogP contribution in [0.25, 0.3) is 0 Å². The Labute approximate surface area is 65.4 Å². The van der Waals surface area contributed by atoms with Crippen LogP contribution in [-0.4, -0.2) is 17.6 Å². The fourth-order valence-electron chi connectivity index (χ4n) is 0.184. The second-order valence-electron chi connectivity index (χ2n) is 1.42. The Kier molecular flexibility index (Phi) is 3.18. The SMILES string of the molecule is F[C@H](OC(F)(F)F)C(F)(F)Br. The molecule has 0 spiro atoms. The van der Waals surface area contributed by atoms with Crippen molar-refractivity contribution >= 4 is 15.9 Å². The first-order chi connectivity index (χ1) is 4.63. The second-order valence-corrected chi connectivity index (χ2v) is 2.48. The molecule has 0 aliphatic rings. The van der Waals surface area contributed by atoms with Gasteiger partial charge in [0.2, 0.25) is 0 Å². The zero-order valence-corrected chi connectivity index (χ0v) is 6.22. The van der Waals surface area contributed by atoms with E-state index in [1.807, 2.05) is 0 Å². The third-order valence-corrected chi connectivity index (χ3v) is 0.854. The maximum absolute atomic E-state index is 11.7. The standard InChI is InChI=1S/C3HBrF6O/c4-2(6,7)1(5)11-3(8,9)10/h1H/t1-/m1/s1. The molecule has 0 aromatic rings. The van der Waals surface area contributed by atoms with E-state index < -0.39 is 17.6 Å². The largest absolute Gasteiger partial charge is 0.525 e. The molecule has 0 amide bonds. The van der Waals surface area contributed by atoms with Crippen molar-refractivity contribution in [2.45, 2.75) is 17.6 Å². The summed E-state index contributed by atoms with van der Waals surface area (Å²) in [7, 11) is 0. The highest BCUT2D eigenvalue weighted by molar-refractivity contribution is 9.10. The van der Waals surface area contributed by atoms with E-state index in [-0.39, 0.29) is 0 Å². The van der Waals surface area contributed by atoms with E-state index in [9.17, 15) is 26.3 Å². The number of halogens is 7. The molecule has 0 rings (SSSR count). The Morgan fingerprint density at radius 3 is 1.55 bits per heavy atom. The lowest BCUT2D eigenvalue weighted by Gasteiger charge is -2.15. The minimum atomic E-state index is -5.41. The zero-order chi connectivity index (χ0) is 9.28. The molecule has 0 radical (unpaired) electrons. The van der Waals surface area contributed by atoms with Gasteiger partial charge < -0.3 is 0 Å². The molecular formula is C3HBrF6O. The molecule has 8 heteroatoms. The Balaban J connectivity index is 3.99. The third kappa shape index (κ3) is 5.31. The van der Waals surface area contributed by atoms with Gasteiger partial charge in [-0.3, -0.25) is 0 Å². The molecule has 0 saturated carbocycles. The van der Waals surface area contributed by atoms with Crippen molar-refractivity contribution < 1.29 is 31.1 Å². The van der Waals surface area contributed by atoms with Gasteiger partial charge >= 0.3 is 11.2 Å². The lowest BCUT2D eigenvalue weighted by atomic mass is 10.7. The van der Waals surface area contributed by atoms with Gasteiger partial charge in [0, 0.05) is 0 Å². The van der Waals surface area contributed by atoms with E-state index >= 15 is 0 Å². The van der Waals surface area contributed by atoms with E-state index in [1.165, 1.54) is 15.9 Å². The highest BCUT2D eigenvalue weighted by Gasteiger charge is 2.46. The smallest absolute Gasteiger partial charge is 0.249 e. The predicted octanol–water partition coefficient (Wildman–Crippen LogP) is 2.81. The Morgan fingerprint density at radius 2 is 1.45 bits per heavy atom. The monoisotopic (exact) mass is 246 g/mol. The summed E-state index contributed by atoms with van der Waals surface area (Å²) in [6, 6.07) is 0. The van der Waals surface area contributed by atoms with Gasteiger partial charge in [-0.15, -0.1) is 13.2 Å². The Morgan fingerprint density at radius 1 is 1.09 bits per heavy atom. The van der Waals surface area contributed by atoms with Crippen LogP contribution in [0.15, 0.2) is 0 Å². The van der Waals surface area contributed by atoms with E-state index in [0.717, 1.165) is 0 Å². The van der Waals surface area contributed by atoms with Gasteiger partial charge in [-0.05, 0) is 15.9 Å². The molecule has 0 heterocycles. The maximum Gasteiger partial charge on any atom is 0.525 e. The van der Waals surface area contributed by atoms with E-state index in [4.69, 9.17) is 0 Å². The van der Waals surface area contributed by atoms with Crippen LogP contribution < -0.4 is 0 Å². The molecule has 0 unspecified atom stereocenters. The molecule has 0 bridgehead atoms. The van der Waals surface area contributed by atoms with Crippen LogP contribution in [0, 0.1) is 0 Å². The fourth-order valence-corrected chi connectivity index (χ4v) is 0.278. The summed E-state index contributed by atoms with van der Waals surface area (Å²) in [5.74, 6) is 0. The van der Waals surface area contributed by atoms with Crippen LogP contribution >= 0.6 is 15.9 Å². The molecular weight excluding hydrogens is 246 g/mol. The number of hydrogen-bond donors (Lipinski definition) is 0. The molecule has 0 N–H and O–H groups in total. The average Bonchev–Trinajstić information content (AvgIpc) is 1.56. The van der Waals surface area contributed by atoms with E-state index in [1.54, 1.807) is 0 Å². The van der Waals surface area contributed by atoms with E-state index in [2.05, 4.69) is 4.74 Å². The molecule has 0 aromatic heterocycles. The van der Waals surface area contributed by atoms with Crippen molar-refractivity contribution in [2.75, 3.05) is 0 Å². The average molecular weight is 247 g/mol. The summed E-state index contributed by atoms with van der Waals surface area (Å²) in [4.78, 5) is -4.33. The number of ether oxygens (including phenoxy) is 1. The van der Waals surface area contributed by atoms with Crippen molar-refractivity contribution in [3.05, 3.63) is 0 Å². The number of rotatable bonds is 2. The Hall–Kier alpha value is 0.0200. The lowest BCUT2D eigenvalue weighted by Crippen LogP contribution is -2.31. The fraction of sp³-hybridized carbons (Fsp3) is 1.00. The van der Waals surface area contributed by atoms with Gasteiger partial charge in [0.1, 0.15) is 0 Å². The van der Waals surface area contributed by atoms with Crippen LogP contribution in [0.2, 0.25) is 0 Å². The minimum absolute atomic E-state index is 1.36. The first kappa shape index (κ1) is 11.0. The number of alkyl halides is 7. The highest BCUT2D eigenvalue weighted by atomic mass is 79.9. The molecule has 1 nitrogen and oxygen atoms in total. The molecule has 68 valence electrons. The molecule has 0 fully saturated rings.